The van der Waals surface area contributed by atoms with Gasteiger partial charge in [-0.2, -0.15) is 10.2 Å². The molecule has 0 saturated carbocycles. The summed E-state index contributed by atoms with van der Waals surface area (Å²) in [5, 5.41) is 10.1. The number of nitrogens with zero attached hydrogens (tertiary/aromatic N) is 4. The summed E-state index contributed by atoms with van der Waals surface area (Å²) in [6.45, 7) is 4.21. The Morgan fingerprint density at radius 2 is 1.81 bits per heavy atom. The molecule has 1 aliphatic heterocycles. The molecular formula is C24H21ClN4O2. The van der Waals surface area contributed by atoms with Crippen molar-refractivity contribution in [1.82, 2.24) is 9.88 Å². The Hall–Kier alpha value is -3.56. The zero-order valence-corrected chi connectivity index (χ0v) is 17.8. The molecule has 0 radical (unpaired) electrons. The summed E-state index contributed by atoms with van der Waals surface area (Å²) in [6, 6.07) is 17.1. The second kappa shape index (κ2) is 9.07. The van der Waals surface area contributed by atoms with E-state index < -0.39 is 0 Å². The van der Waals surface area contributed by atoms with Crippen LogP contribution in [-0.2, 0) is 0 Å². The van der Waals surface area contributed by atoms with E-state index in [1.54, 1.807) is 18.2 Å². The number of hydrogen-bond acceptors (Lipinski definition) is 5. The molecule has 6 nitrogen and oxygen atoms in total. The Kier molecular flexibility index (Phi) is 6.06. The first kappa shape index (κ1) is 20.7. The third-order valence-electron chi connectivity index (χ3n) is 5.20. The Bertz CT molecular complexity index is 1150. The van der Waals surface area contributed by atoms with E-state index in [4.69, 9.17) is 16.0 Å². The normalized spacial score (nSPS) is 14.1. The molecule has 1 aliphatic rings. The number of carbonyl (C=O) groups excluding carboxylic acids is 1. The van der Waals surface area contributed by atoms with Gasteiger partial charge in [-0.3, -0.25) is 4.79 Å². The first-order valence-electron chi connectivity index (χ1n) is 9.99. The van der Waals surface area contributed by atoms with E-state index in [1.807, 2.05) is 59.2 Å². The topological polar surface area (TPSA) is 73.4 Å². The second-order valence-electron chi connectivity index (χ2n) is 7.32. The maximum absolute atomic E-state index is 12.7. The van der Waals surface area contributed by atoms with E-state index in [0.29, 0.717) is 48.5 Å². The fourth-order valence-corrected chi connectivity index (χ4v) is 3.65. The lowest BCUT2D eigenvalue weighted by Crippen LogP contribution is -2.48. The minimum atomic E-state index is 0.0149. The van der Waals surface area contributed by atoms with Crippen LogP contribution in [0.15, 0.2) is 52.9 Å². The van der Waals surface area contributed by atoms with Crippen LogP contribution in [0.2, 0.25) is 5.02 Å². The number of amides is 1. The highest BCUT2D eigenvalue weighted by molar-refractivity contribution is 6.32. The smallest absolute Gasteiger partial charge is 0.253 e. The van der Waals surface area contributed by atoms with Gasteiger partial charge in [-0.1, -0.05) is 47.5 Å². The van der Waals surface area contributed by atoms with Gasteiger partial charge in [-0.05, 0) is 36.8 Å². The molecule has 1 aromatic heterocycles. The number of nitriles is 1. The highest BCUT2D eigenvalue weighted by Gasteiger charge is 2.26. The van der Waals surface area contributed by atoms with Crippen molar-refractivity contribution in [1.29, 1.82) is 5.26 Å². The standard InChI is InChI=1S/C24H21ClN4O2/c1-17-6-8-19(9-7-17)23(30)28-12-14-29(15-13-28)24-21(16-26)27-22(31-24)11-10-18-4-2-3-5-20(18)25/h2-11H,12-15H2,1H3. The van der Waals surface area contributed by atoms with Gasteiger partial charge in [0.15, 0.2) is 0 Å². The Balaban J connectivity index is 1.45. The van der Waals surface area contributed by atoms with Gasteiger partial charge < -0.3 is 14.2 Å². The number of benzene rings is 2. The zero-order chi connectivity index (χ0) is 21.8. The van der Waals surface area contributed by atoms with Crippen LogP contribution in [0.5, 0.6) is 0 Å². The fraction of sp³-hybridized carbons (Fsp3) is 0.208. The fourth-order valence-electron chi connectivity index (χ4n) is 3.45. The molecule has 156 valence electrons. The number of rotatable bonds is 4. The molecule has 4 rings (SSSR count). The molecule has 0 atom stereocenters. The van der Waals surface area contributed by atoms with Crippen LogP contribution in [-0.4, -0.2) is 42.0 Å². The molecule has 1 amide bonds. The van der Waals surface area contributed by atoms with Crippen LogP contribution in [0, 0.1) is 18.3 Å². The average Bonchev–Trinajstić information content (AvgIpc) is 3.22. The van der Waals surface area contributed by atoms with E-state index in [1.165, 1.54) is 0 Å². The molecule has 1 saturated heterocycles. The maximum atomic E-state index is 12.7. The van der Waals surface area contributed by atoms with E-state index in [0.717, 1.165) is 11.1 Å². The Labute approximate surface area is 186 Å². The third-order valence-corrected chi connectivity index (χ3v) is 5.54. The molecule has 7 heteroatoms. The highest BCUT2D eigenvalue weighted by Crippen LogP contribution is 2.25. The molecule has 0 spiro atoms. The Morgan fingerprint density at radius 1 is 1.10 bits per heavy atom. The van der Waals surface area contributed by atoms with Crippen molar-refractivity contribution in [2.75, 3.05) is 31.1 Å². The molecule has 3 aromatic rings. The molecule has 0 unspecified atom stereocenters. The first-order valence-corrected chi connectivity index (χ1v) is 10.4. The summed E-state index contributed by atoms with van der Waals surface area (Å²) < 4.78 is 5.86. The summed E-state index contributed by atoms with van der Waals surface area (Å²) >= 11 is 6.17. The van der Waals surface area contributed by atoms with Crippen molar-refractivity contribution in [3.8, 4) is 6.07 Å². The lowest BCUT2D eigenvalue weighted by molar-refractivity contribution is 0.0745. The van der Waals surface area contributed by atoms with Crippen LogP contribution in [0.1, 0.15) is 33.1 Å². The van der Waals surface area contributed by atoms with Gasteiger partial charge in [0.05, 0.1) is 0 Å². The average molecular weight is 433 g/mol. The molecule has 1 fully saturated rings. The van der Waals surface area contributed by atoms with Crippen molar-refractivity contribution in [3.05, 3.63) is 81.8 Å². The third kappa shape index (κ3) is 4.62. The van der Waals surface area contributed by atoms with Crippen molar-refractivity contribution >= 4 is 35.5 Å². The molecule has 0 aliphatic carbocycles. The maximum Gasteiger partial charge on any atom is 0.253 e. The summed E-state index contributed by atoms with van der Waals surface area (Å²) in [4.78, 5) is 20.8. The van der Waals surface area contributed by atoms with Crippen LogP contribution >= 0.6 is 11.6 Å². The van der Waals surface area contributed by atoms with Gasteiger partial charge in [-0.15, -0.1) is 0 Å². The molecule has 2 heterocycles. The first-order chi connectivity index (χ1) is 15.0. The van der Waals surface area contributed by atoms with Crippen LogP contribution in [0.25, 0.3) is 12.2 Å². The van der Waals surface area contributed by atoms with Gasteiger partial charge >= 0.3 is 0 Å². The molecule has 0 N–H and O–H groups in total. The van der Waals surface area contributed by atoms with Crippen LogP contribution < -0.4 is 4.90 Å². The van der Waals surface area contributed by atoms with Crippen LogP contribution in [0.3, 0.4) is 0 Å². The van der Waals surface area contributed by atoms with Crippen molar-refractivity contribution in [2.24, 2.45) is 0 Å². The van der Waals surface area contributed by atoms with Crippen molar-refractivity contribution in [3.63, 3.8) is 0 Å². The van der Waals surface area contributed by atoms with Crippen molar-refractivity contribution in [2.45, 2.75) is 6.92 Å². The number of carbonyl (C=O) groups is 1. The van der Waals surface area contributed by atoms with Crippen LogP contribution in [0.4, 0.5) is 5.88 Å². The summed E-state index contributed by atoms with van der Waals surface area (Å²) in [5.41, 5.74) is 2.88. The molecular weight excluding hydrogens is 412 g/mol. The summed E-state index contributed by atoms with van der Waals surface area (Å²) in [5.74, 6) is 0.787. The number of oxazole rings is 1. The lowest BCUT2D eigenvalue weighted by atomic mass is 10.1. The van der Waals surface area contributed by atoms with Gasteiger partial charge in [0.25, 0.3) is 5.91 Å². The van der Waals surface area contributed by atoms with Crippen molar-refractivity contribution < 1.29 is 9.21 Å². The minimum absolute atomic E-state index is 0.0149. The quantitative estimate of drug-likeness (QED) is 0.600. The molecule has 0 bridgehead atoms. The lowest BCUT2D eigenvalue weighted by Gasteiger charge is -2.34. The van der Waals surface area contributed by atoms with Gasteiger partial charge in [0.1, 0.15) is 6.07 Å². The summed E-state index contributed by atoms with van der Waals surface area (Å²) in [6.07, 6.45) is 3.50. The van der Waals surface area contributed by atoms with E-state index >= 15 is 0 Å². The predicted molar refractivity (Wildman–Crippen MR) is 121 cm³/mol. The number of hydrogen-bond donors (Lipinski definition) is 0. The SMILES string of the molecule is Cc1ccc(C(=O)N2CCN(c3oc(C=Cc4ccccc4Cl)nc3C#N)CC2)cc1. The number of aryl methyl sites for hydroxylation is 1. The minimum Gasteiger partial charge on any atom is -0.420 e. The molecule has 31 heavy (non-hydrogen) atoms. The van der Waals surface area contributed by atoms with Gasteiger partial charge in [0, 0.05) is 42.8 Å². The second-order valence-corrected chi connectivity index (χ2v) is 7.72. The van der Waals surface area contributed by atoms with E-state index in [-0.39, 0.29) is 11.6 Å². The highest BCUT2D eigenvalue weighted by atomic mass is 35.5. The van der Waals surface area contributed by atoms with E-state index in [9.17, 15) is 10.1 Å². The monoisotopic (exact) mass is 432 g/mol. The number of aromatic nitrogens is 1. The molecule has 2 aromatic carbocycles. The number of piperazine rings is 1. The predicted octanol–water partition coefficient (Wildman–Crippen LogP) is 4.64. The van der Waals surface area contributed by atoms with Gasteiger partial charge in [-0.25, -0.2) is 0 Å². The summed E-state index contributed by atoms with van der Waals surface area (Å²) in [7, 11) is 0. The van der Waals surface area contributed by atoms with E-state index in [2.05, 4.69) is 11.1 Å². The largest absolute Gasteiger partial charge is 0.420 e. The Morgan fingerprint density at radius 3 is 2.48 bits per heavy atom. The zero-order valence-electron chi connectivity index (χ0n) is 17.1. The number of anilines is 1. The number of halogens is 1. The van der Waals surface area contributed by atoms with Gasteiger partial charge in [0.2, 0.25) is 17.5 Å².